The number of para-hydroxylation sites is 1. The lowest BCUT2D eigenvalue weighted by Gasteiger charge is -2.25. The average Bonchev–Trinajstić information content (AvgIpc) is 2.75. The van der Waals surface area contributed by atoms with E-state index in [1.54, 1.807) is 13.8 Å². The van der Waals surface area contributed by atoms with Crippen LogP contribution in [0, 0.1) is 34.6 Å². The Bertz CT molecular complexity index is 1300. The molecule has 0 saturated carbocycles. The molecule has 3 aromatic carbocycles. The largest absolute Gasteiger partial charge is 0.324 e. The van der Waals surface area contributed by atoms with E-state index >= 15 is 0 Å². The van der Waals surface area contributed by atoms with Gasteiger partial charge in [0.15, 0.2) is 0 Å². The summed E-state index contributed by atoms with van der Waals surface area (Å²) in [6.07, 6.45) is 0. The summed E-state index contributed by atoms with van der Waals surface area (Å²) in [7, 11) is -3.94. The molecule has 0 fully saturated rings. The molecule has 1 amide bonds. The molecule has 35 heavy (non-hydrogen) atoms. The molecular weight excluding hydrogens is 456 g/mol. The average molecular weight is 493 g/mol. The lowest BCUT2D eigenvalue weighted by molar-refractivity contribution is -0.116. The van der Waals surface area contributed by atoms with E-state index in [0.717, 1.165) is 33.5 Å². The minimum Gasteiger partial charge on any atom is -0.324 e. The molecular formula is C29H36N2O3S. The zero-order chi connectivity index (χ0) is 25.9. The highest BCUT2D eigenvalue weighted by atomic mass is 32.2. The van der Waals surface area contributed by atoms with Crippen LogP contribution in [0.5, 0.6) is 0 Å². The van der Waals surface area contributed by atoms with E-state index in [-0.39, 0.29) is 29.8 Å². The van der Waals surface area contributed by atoms with Crippen LogP contribution in [0.2, 0.25) is 0 Å². The van der Waals surface area contributed by atoms with Crippen LogP contribution in [0.3, 0.4) is 0 Å². The number of aryl methyl sites for hydroxylation is 5. The van der Waals surface area contributed by atoms with Crippen molar-refractivity contribution in [2.45, 2.75) is 65.8 Å². The molecule has 0 aliphatic heterocycles. The van der Waals surface area contributed by atoms with E-state index in [1.165, 1.54) is 4.31 Å². The van der Waals surface area contributed by atoms with Crippen molar-refractivity contribution in [1.82, 2.24) is 4.31 Å². The third-order valence-corrected chi connectivity index (χ3v) is 8.29. The number of carbonyl (C=O) groups is 1. The third kappa shape index (κ3) is 6.19. The van der Waals surface area contributed by atoms with Crippen LogP contribution >= 0.6 is 0 Å². The second kappa shape index (κ2) is 10.8. The number of hydrogen-bond acceptors (Lipinski definition) is 3. The van der Waals surface area contributed by atoms with Crippen molar-refractivity contribution >= 4 is 21.6 Å². The highest BCUT2D eigenvalue weighted by Gasteiger charge is 2.30. The van der Waals surface area contributed by atoms with E-state index in [1.807, 2.05) is 75.4 Å². The fourth-order valence-electron chi connectivity index (χ4n) is 4.51. The minimum atomic E-state index is -3.94. The highest BCUT2D eigenvalue weighted by molar-refractivity contribution is 7.89. The number of anilines is 1. The molecule has 186 valence electrons. The van der Waals surface area contributed by atoms with Gasteiger partial charge in [0.25, 0.3) is 0 Å². The van der Waals surface area contributed by atoms with Crippen LogP contribution in [0.1, 0.15) is 58.7 Å². The van der Waals surface area contributed by atoms with Crippen molar-refractivity contribution in [3.63, 3.8) is 0 Å². The van der Waals surface area contributed by atoms with Gasteiger partial charge in [-0.3, -0.25) is 4.79 Å². The van der Waals surface area contributed by atoms with Crippen LogP contribution in [-0.4, -0.2) is 25.2 Å². The minimum absolute atomic E-state index is 0.105. The van der Waals surface area contributed by atoms with Crippen LogP contribution in [0.4, 0.5) is 5.69 Å². The lowest BCUT2D eigenvalue weighted by atomic mass is 9.98. The molecule has 0 bridgehead atoms. The van der Waals surface area contributed by atoms with Gasteiger partial charge in [-0.15, -0.1) is 0 Å². The molecule has 0 aromatic heterocycles. The van der Waals surface area contributed by atoms with Gasteiger partial charge in [-0.1, -0.05) is 79.6 Å². The summed E-state index contributed by atoms with van der Waals surface area (Å²) in [6.45, 7) is 13.5. The fourth-order valence-corrected chi connectivity index (χ4v) is 6.30. The summed E-state index contributed by atoms with van der Waals surface area (Å²) in [6, 6.07) is 17.4. The smallest absolute Gasteiger partial charge is 0.244 e. The van der Waals surface area contributed by atoms with Gasteiger partial charge in [0.2, 0.25) is 15.9 Å². The number of amides is 1. The van der Waals surface area contributed by atoms with Crippen molar-refractivity contribution in [2.24, 2.45) is 0 Å². The summed E-state index contributed by atoms with van der Waals surface area (Å²) in [5, 5.41) is 3.00. The van der Waals surface area contributed by atoms with Crippen molar-refractivity contribution in [3.8, 4) is 0 Å². The maximum absolute atomic E-state index is 13.9. The van der Waals surface area contributed by atoms with Gasteiger partial charge in [-0.2, -0.15) is 4.31 Å². The molecule has 3 rings (SSSR count). The summed E-state index contributed by atoms with van der Waals surface area (Å²) >= 11 is 0. The zero-order valence-corrected chi connectivity index (χ0v) is 22.6. The van der Waals surface area contributed by atoms with Crippen molar-refractivity contribution in [3.05, 3.63) is 93.5 Å². The van der Waals surface area contributed by atoms with Gasteiger partial charge in [0.05, 0.1) is 11.4 Å². The van der Waals surface area contributed by atoms with Crippen molar-refractivity contribution in [1.29, 1.82) is 0 Å². The molecule has 0 atom stereocenters. The second-order valence-corrected chi connectivity index (χ2v) is 11.6. The quantitative estimate of drug-likeness (QED) is 0.408. The van der Waals surface area contributed by atoms with Gasteiger partial charge in [0, 0.05) is 12.2 Å². The summed E-state index contributed by atoms with van der Waals surface area (Å²) in [5.74, 6) is -0.144. The first-order chi connectivity index (χ1) is 16.4. The molecule has 5 nitrogen and oxygen atoms in total. The molecule has 0 aliphatic rings. The molecule has 0 heterocycles. The molecule has 0 aliphatic carbocycles. The number of nitrogens with zero attached hydrogens (tertiary/aromatic N) is 1. The monoisotopic (exact) mass is 492 g/mol. The highest BCUT2D eigenvalue weighted by Crippen LogP contribution is 2.29. The maximum atomic E-state index is 13.9. The van der Waals surface area contributed by atoms with Crippen LogP contribution in [0.25, 0.3) is 0 Å². The number of nitrogens with one attached hydrogen (secondary N) is 1. The number of rotatable bonds is 8. The first kappa shape index (κ1) is 26.6. The predicted molar refractivity (Wildman–Crippen MR) is 143 cm³/mol. The topological polar surface area (TPSA) is 66.5 Å². The zero-order valence-electron chi connectivity index (χ0n) is 21.8. The Kier molecular flexibility index (Phi) is 8.18. The molecule has 0 unspecified atom stereocenters. The van der Waals surface area contributed by atoms with E-state index in [4.69, 9.17) is 0 Å². The predicted octanol–water partition coefficient (Wildman–Crippen LogP) is 6.18. The van der Waals surface area contributed by atoms with Crippen molar-refractivity contribution < 1.29 is 13.2 Å². The fraction of sp³-hybridized carbons (Fsp3) is 0.345. The van der Waals surface area contributed by atoms with Gasteiger partial charge in [0.1, 0.15) is 0 Å². The Balaban J connectivity index is 2.00. The Hall–Kier alpha value is -2.96. The Labute approximate surface area is 210 Å². The SMILES string of the molecule is Cc1ccc(CN(CC(=O)Nc2c(C)cccc2C(C)C)S(=O)(=O)c2c(C)cc(C)cc2C)cc1. The lowest BCUT2D eigenvalue weighted by Crippen LogP contribution is -2.38. The van der Waals surface area contributed by atoms with E-state index in [9.17, 15) is 13.2 Å². The number of benzene rings is 3. The normalized spacial score (nSPS) is 11.8. The molecule has 0 spiro atoms. The van der Waals surface area contributed by atoms with Crippen molar-refractivity contribution in [2.75, 3.05) is 11.9 Å². The molecule has 0 radical (unpaired) electrons. The first-order valence-corrected chi connectivity index (χ1v) is 13.4. The number of hydrogen-bond donors (Lipinski definition) is 1. The van der Waals surface area contributed by atoms with Crippen LogP contribution in [0.15, 0.2) is 59.5 Å². The third-order valence-electron chi connectivity index (χ3n) is 6.19. The van der Waals surface area contributed by atoms with Crippen LogP contribution < -0.4 is 5.32 Å². The van der Waals surface area contributed by atoms with E-state index < -0.39 is 10.0 Å². The van der Waals surface area contributed by atoms with E-state index in [2.05, 4.69) is 19.2 Å². The second-order valence-electron chi connectivity index (χ2n) is 9.73. The molecule has 1 N–H and O–H groups in total. The molecule has 3 aromatic rings. The van der Waals surface area contributed by atoms with Crippen LogP contribution in [-0.2, 0) is 21.4 Å². The van der Waals surface area contributed by atoms with E-state index in [0.29, 0.717) is 11.1 Å². The van der Waals surface area contributed by atoms with Gasteiger partial charge in [-0.05, 0) is 68.4 Å². The maximum Gasteiger partial charge on any atom is 0.244 e. The standard InChI is InChI=1S/C29H36N2O3S/c1-19(2)26-10-8-9-22(5)28(26)30-27(32)18-31(17-25-13-11-20(3)12-14-25)35(33,34)29-23(6)15-21(4)16-24(29)7/h8-16,19H,17-18H2,1-7H3,(H,30,32). The summed E-state index contributed by atoms with van der Waals surface area (Å²) < 4.78 is 29.1. The van der Waals surface area contributed by atoms with Gasteiger partial charge in [-0.25, -0.2) is 8.42 Å². The number of sulfonamides is 1. The number of carbonyl (C=O) groups excluding carboxylic acids is 1. The summed E-state index contributed by atoms with van der Waals surface area (Å²) in [5.41, 5.74) is 7.00. The van der Waals surface area contributed by atoms with Gasteiger partial charge < -0.3 is 5.32 Å². The van der Waals surface area contributed by atoms with Gasteiger partial charge >= 0.3 is 0 Å². The molecule has 0 saturated heterocycles. The first-order valence-electron chi connectivity index (χ1n) is 11.9. The molecule has 6 heteroatoms. The Morgan fingerprint density at radius 3 is 2.03 bits per heavy atom. The summed E-state index contributed by atoms with van der Waals surface area (Å²) in [4.78, 5) is 13.5. The Morgan fingerprint density at radius 1 is 0.857 bits per heavy atom. The Morgan fingerprint density at radius 2 is 1.46 bits per heavy atom.